The quantitative estimate of drug-likeness (QED) is 0.376. The van der Waals surface area contributed by atoms with Gasteiger partial charge in [-0.05, 0) is 72.9 Å². The first kappa shape index (κ1) is 28.8. The van der Waals surface area contributed by atoms with Crippen LogP contribution in [0.1, 0.15) is 46.8 Å². The lowest BCUT2D eigenvalue weighted by molar-refractivity contribution is 0.0872. The number of amides is 1. The van der Waals surface area contributed by atoms with Gasteiger partial charge in [0, 0.05) is 28.7 Å². The van der Waals surface area contributed by atoms with E-state index >= 15 is 0 Å². The number of benzene rings is 3. The van der Waals surface area contributed by atoms with Gasteiger partial charge in [0.15, 0.2) is 0 Å². The van der Waals surface area contributed by atoms with E-state index in [4.69, 9.17) is 23.2 Å². The molecular weight excluding hydrogens is 576 g/mol. The van der Waals surface area contributed by atoms with Gasteiger partial charge in [-0.2, -0.15) is 0 Å². The number of nitrogens with zero attached hydrogens (tertiary/aromatic N) is 2. The van der Waals surface area contributed by atoms with Crippen LogP contribution in [0.2, 0.25) is 10.0 Å². The molecule has 0 spiro atoms. The Bertz CT molecular complexity index is 1440. The van der Waals surface area contributed by atoms with Crippen LogP contribution in [0.25, 0.3) is 0 Å². The van der Waals surface area contributed by atoms with Crippen LogP contribution in [-0.2, 0) is 10.0 Å². The standard InChI is InChI=1S/C29H30Cl2FN3O4S/c1-40(38,39)35(24-14-20(13-23(32)15-24)29(37)33-26-3-2-4-27(26)36)25-16-34(17-25)28(18-5-9-21(30)10-6-18)19-7-11-22(31)12-8-19/h5-15,25-28,36H,2-4,16-17H2,1H3,(H,33,37). The van der Waals surface area contributed by atoms with Gasteiger partial charge in [0.2, 0.25) is 10.0 Å². The van der Waals surface area contributed by atoms with Crippen molar-refractivity contribution in [1.82, 2.24) is 10.2 Å². The first-order valence-electron chi connectivity index (χ1n) is 13.0. The summed E-state index contributed by atoms with van der Waals surface area (Å²) in [5.41, 5.74) is 2.04. The van der Waals surface area contributed by atoms with Gasteiger partial charge in [0.25, 0.3) is 5.91 Å². The molecule has 5 rings (SSSR count). The summed E-state index contributed by atoms with van der Waals surface area (Å²) in [4.78, 5) is 15.0. The Labute approximate surface area is 243 Å². The van der Waals surface area contributed by atoms with E-state index in [1.54, 1.807) is 0 Å². The Morgan fingerprint density at radius 1 is 1.00 bits per heavy atom. The fourth-order valence-electron chi connectivity index (χ4n) is 5.62. The average molecular weight is 607 g/mol. The maximum atomic E-state index is 14.7. The third-order valence-electron chi connectivity index (χ3n) is 7.51. The monoisotopic (exact) mass is 605 g/mol. The van der Waals surface area contributed by atoms with E-state index in [0.29, 0.717) is 36.0 Å². The van der Waals surface area contributed by atoms with Crippen LogP contribution in [-0.4, -0.2) is 61.9 Å². The number of sulfonamides is 1. The molecule has 7 nitrogen and oxygen atoms in total. The van der Waals surface area contributed by atoms with Crippen LogP contribution in [0.15, 0.2) is 66.7 Å². The van der Waals surface area contributed by atoms with Crippen molar-refractivity contribution in [1.29, 1.82) is 0 Å². The van der Waals surface area contributed by atoms with E-state index in [9.17, 15) is 22.7 Å². The maximum absolute atomic E-state index is 14.7. The summed E-state index contributed by atoms with van der Waals surface area (Å²) < 4.78 is 41.9. The van der Waals surface area contributed by atoms with Crippen molar-refractivity contribution >= 4 is 44.8 Å². The number of anilines is 1. The Hall–Kier alpha value is -2.69. The van der Waals surface area contributed by atoms with Gasteiger partial charge in [0.05, 0.1) is 36.2 Å². The van der Waals surface area contributed by atoms with E-state index < -0.39 is 39.9 Å². The Kier molecular flexibility index (Phi) is 8.40. The predicted octanol–water partition coefficient (Wildman–Crippen LogP) is 5.02. The molecule has 1 saturated heterocycles. The van der Waals surface area contributed by atoms with Gasteiger partial charge < -0.3 is 10.4 Å². The van der Waals surface area contributed by atoms with Crippen LogP contribution in [0.3, 0.4) is 0 Å². The van der Waals surface area contributed by atoms with E-state index in [-0.39, 0.29) is 17.3 Å². The average Bonchev–Trinajstić information content (AvgIpc) is 3.27. The normalized spacial score (nSPS) is 19.9. The fraction of sp³-hybridized carbons (Fsp3) is 0.345. The van der Waals surface area contributed by atoms with Crippen LogP contribution >= 0.6 is 23.2 Å². The molecule has 1 aliphatic carbocycles. The van der Waals surface area contributed by atoms with E-state index in [1.807, 2.05) is 48.5 Å². The molecule has 3 aromatic carbocycles. The minimum atomic E-state index is -3.82. The largest absolute Gasteiger partial charge is 0.391 e. The summed E-state index contributed by atoms with van der Waals surface area (Å²) in [6, 6.07) is 17.5. The number of hydrogen-bond acceptors (Lipinski definition) is 5. The number of hydrogen-bond donors (Lipinski definition) is 2. The number of aliphatic hydroxyl groups is 1. The Balaban J connectivity index is 1.40. The fourth-order valence-corrected chi connectivity index (χ4v) is 7.03. The van der Waals surface area contributed by atoms with Gasteiger partial charge in [-0.1, -0.05) is 47.5 Å². The molecule has 1 heterocycles. The SMILES string of the molecule is CS(=O)(=O)N(c1cc(F)cc(C(=O)NC2CCCC2O)c1)C1CN(C(c2ccc(Cl)cc2)c2ccc(Cl)cc2)C1. The zero-order chi connectivity index (χ0) is 28.6. The highest BCUT2D eigenvalue weighted by Crippen LogP contribution is 2.37. The van der Waals surface area contributed by atoms with Gasteiger partial charge in [-0.25, -0.2) is 12.8 Å². The first-order chi connectivity index (χ1) is 19.0. The maximum Gasteiger partial charge on any atom is 0.251 e. The van der Waals surface area contributed by atoms with Crippen molar-refractivity contribution in [3.8, 4) is 0 Å². The summed E-state index contributed by atoms with van der Waals surface area (Å²) in [5.74, 6) is -1.28. The van der Waals surface area contributed by atoms with Gasteiger partial charge in [-0.15, -0.1) is 0 Å². The van der Waals surface area contributed by atoms with Crippen LogP contribution in [0, 0.1) is 5.82 Å². The minimum absolute atomic E-state index is 0.000801. The second kappa shape index (κ2) is 11.7. The van der Waals surface area contributed by atoms with E-state index in [1.165, 1.54) is 10.4 Å². The Morgan fingerprint density at radius 2 is 1.57 bits per heavy atom. The van der Waals surface area contributed by atoms with Gasteiger partial charge >= 0.3 is 0 Å². The minimum Gasteiger partial charge on any atom is -0.391 e. The zero-order valence-electron chi connectivity index (χ0n) is 21.8. The summed E-state index contributed by atoms with van der Waals surface area (Å²) >= 11 is 12.2. The van der Waals surface area contributed by atoms with E-state index in [0.717, 1.165) is 35.9 Å². The third kappa shape index (κ3) is 6.29. The van der Waals surface area contributed by atoms with Gasteiger partial charge in [-0.3, -0.25) is 14.0 Å². The molecule has 0 aromatic heterocycles. The molecule has 11 heteroatoms. The molecule has 2 N–H and O–H groups in total. The van der Waals surface area contributed by atoms with Gasteiger partial charge in [0.1, 0.15) is 5.82 Å². The Morgan fingerprint density at radius 3 is 2.08 bits per heavy atom. The topological polar surface area (TPSA) is 90.0 Å². The van der Waals surface area contributed by atoms with Crippen molar-refractivity contribution in [2.75, 3.05) is 23.7 Å². The predicted molar refractivity (Wildman–Crippen MR) is 155 cm³/mol. The molecule has 3 aromatic rings. The number of halogens is 3. The molecule has 2 aliphatic rings. The molecular formula is C29H30Cl2FN3O4S. The number of aliphatic hydroxyl groups excluding tert-OH is 1. The summed E-state index contributed by atoms with van der Waals surface area (Å²) in [6.07, 6.45) is 2.43. The number of nitrogens with one attached hydrogen (secondary N) is 1. The molecule has 2 fully saturated rings. The number of carbonyl (C=O) groups excluding carboxylic acids is 1. The highest BCUT2D eigenvalue weighted by Gasteiger charge is 2.41. The number of carbonyl (C=O) groups is 1. The molecule has 40 heavy (non-hydrogen) atoms. The molecule has 0 radical (unpaired) electrons. The van der Waals surface area contributed by atoms with Crippen LogP contribution in [0.4, 0.5) is 10.1 Å². The van der Waals surface area contributed by atoms with Crippen molar-refractivity contribution < 1.29 is 22.7 Å². The summed E-state index contributed by atoms with van der Waals surface area (Å²) in [7, 11) is -3.82. The summed E-state index contributed by atoms with van der Waals surface area (Å²) in [6.45, 7) is 0.741. The lowest BCUT2D eigenvalue weighted by Gasteiger charge is -2.48. The molecule has 1 amide bonds. The second-order valence-electron chi connectivity index (χ2n) is 10.4. The zero-order valence-corrected chi connectivity index (χ0v) is 24.1. The van der Waals surface area contributed by atoms with Crippen LogP contribution in [0.5, 0.6) is 0 Å². The number of rotatable bonds is 8. The smallest absolute Gasteiger partial charge is 0.251 e. The van der Waals surface area contributed by atoms with Crippen molar-refractivity contribution in [2.24, 2.45) is 0 Å². The molecule has 1 aliphatic heterocycles. The number of likely N-dealkylation sites (tertiary alicyclic amines) is 1. The molecule has 2 atom stereocenters. The molecule has 2 unspecified atom stereocenters. The molecule has 212 valence electrons. The lowest BCUT2D eigenvalue weighted by atomic mass is 9.93. The first-order valence-corrected chi connectivity index (χ1v) is 15.6. The lowest BCUT2D eigenvalue weighted by Crippen LogP contribution is -2.61. The highest BCUT2D eigenvalue weighted by molar-refractivity contribution is 7.92. The third-order valence-corrected chi connectivity index (χ3v) is 9.24. The van der Waals surface area contributed by atoms with Crippen molar-refractivity contribution in [3.63, 3.8) is 0 Å². The second-order valence-corrected chi connectivity index (χ2v) is 13.2. The highest BCUT2D eigenvalue weighted by atomic mass is 35.5. The van der Waals surface area contributed by atoms with Crippen molar-refractivity contribution in [3.05, 3.63) is 99.3 Å². The summed E-state index contributed by atoms with van der Waals surface area (Å²) in [5, 5.41) is 14.0. The molecule has 1 saturated carbocycles. The van der Waals surface area contributed by atoms with Crippen LogP contribution < -0.4 is 9.62 Å². The van der Waals surface area contributed by atoms with E-state index in [2.05, 4.69) is 10.2 Å². The van der Waals surface area contributed by atoms with Crippen molar-refractivity contribution in [2.45, 2.75) is 43.5 Å². The molecule has 0 bridgehead atoms.